The molecule has 0 atom stereocenters. The van der Waals surface area contributed by atoms with E-state index in [1.54, 1.807) is 19.1 Å². The summed E-state index contributed by atoms with van der Waals surface area (Å²) in [5.74, 6) is -0.633. The van der Waals surface area contributed by atoms with Gasteiger partial charge in [0.05, 0.1) is 21.8 Å². The van der Waals surface area contributed by atoms with Crippen LogP contribution in [0, 0.1) is 6.92 Å². The van der Waals surface area contributed by atoms with Crippen LogP contribution in [0.25, 0.3) is 16.3 Å². The van der Waals surface area contributed by atoms with E-state index in [9.17, 15) is 9.59 Å². The van der Waals surface area contributed by atoms with Crippen LogP contribution in [-0.2, 0) is 9.53 Å². The van der Waals surface area contributed by atoms with Crippen molar-refractivity contribution >= 4 is 55.8 Å². The Bertz CT molecular complexity index is 923. The molecule has 0 radical (unpaired) electrons. The molecule has 3 rings (SSSR count). The number of hydrogen-bond donors (Lipinski definition) is 1. The fourth-order valence-corrected chi connectivity index (χ4v) is 4.05. The molecule has 1 N–H and O–H groups in total. The van der Waals surface area contributed by atoms with Gasteiger partial charge in [-0.15, -0.1) is 22.7 Å². The molecule has 0 fully saturated rings. The van der Waals surface area contributed by atoms with Gasteiger partial charge in [0, 0.05) is 6.08 Å². The standard InChI is InChI=1S/C18H16N2O3S2/c1-3-23-18(22)17-11(2)10-16(25-17)20-14(21)8-9-15-19-12-6-4-5-7-13(12)24-15/h4-10H,3H2,1-2H3,(H,20,21)/b9-8+. The number of aromatic nitrogens is 1. The smallest absolute Gasteiger partial charge is 0.348 e. The molecule has 128 valence electrons. The maximum atomic E-state index is 12.1. The number of ether oxygens (including phenoxy) is 1. The van der Waals surface area contributed by atoms with E-state index in [4.69, 9.17) is 4.74 Å². The molecule has 0 spiro atoms. The third-order valence-corrected chi connectivity index (χ3v) is 5.45. The molecule has 0 unspecified atom stereocenters. The summed E-state index contributed by atoms with van der Waals surface area (Å²) >= 11 is 2.73. The van der Waals surface area contributed by atoms with Crippen molar-refractivity contribution in [3.63, 3.8) is 0 Å². The first-order chi connectivity index (χ1) is 12.1. The Morgan fingerprint density at radius 2 is 2.08 bits per heavy atom. The summed E-state index contributed by atoms with van der Waals surface area (Å²) < 4.78 is 6.08. The van der Waals surface area contributed by atoms with Crippen molar-refractivity contribution in [2.24, 2.45) is 0 Å². The molecule has 0 bridgehead atoms. The fraction of sp³-hybridized carbons (Fsp3) is 0.167. The number of fused-ring (bicyclic) bond motifs is 1. The minimum absolute atomic E-state index is 0.268. The molecule has 1 amide bonds. The monoisotopic (exact) mass is 372 g/mol. The number of anilines is 1. The van der Waals surface area contributed by atoms with E-state index in [0.717, 1.165) is 20.8 Å². The second kappa shape index (κ2) is 7.58. The number of carbonyl (C=O) groups is 2. The predicted molar refractivity (Wildman–Crippen MR) is 102 cm³/mol. The lowest BCUT2D eigenvalue weighted by atomic mass is 10.3. The normalized spacial score (nSPS) is 11.1. The van der Waals surface area contributed by atoms with Crippen molar-refractivity contribution in [2.75, 3.05) is 11.9 Å². The minimum atomic E-state index is -0.365. The molecular weight excluding hydrogens is 356 g/mol. The maximum Gasteiger partial charge on any atom is 0.348 e. The summed E-state index contributed by atoms with van der Waals surface area (Å²) in [6, 6.07) is 9.59. The Balaban J connectivity index is 1.68. The molecule has 25 heavy (non-hydrogen) atoms. The molecule has 0 aliphatic heterocycles. The van der Waals surface area contributed by atoms with Gasteiger partial charge >= 0.3 is 5.97 Å². The Morgan fingerprint density at radius 1 is 1.28 bits per heavy atom. The van der Waals surface area contributed by atoms with Gasteiger partial charge in [-0.3, -0.25) is 4.79 Å². The molecular formula is C18H16N2O3S2. The van der Waals surface area contributed by atoms with Crippen molar-refractivity contribution in [3.05, 3.63) is 51.9 Å². The summed E-state index contributed by atoms with van der Waals surface area (Å²) in [6.07, 6.45) is 3.13. The Hall–Kier alpha value is -2.51. The van der Waals surface area contributed by atoms with Crippen LogP contribution in [0.3, 0.4) is 0 Å². The van der Waals surface area contributed by atoms with Crippen LogP contribution in [0.2, 0.25) is 0 Å². The quantitative estimate of drug-likeness (QED) is 0.529. The van der Waals surface area contributed by atoms with Crippen molar-refractivity contribution < 1.29 is 14.3 Å². The molecule has 7 heteroatoms. The zero-order chi connectivity index (χ0) is 17.8. The van der Waals surface area contributed by atoms with E-state index in [2.05, 4.69) is 10.3 Å². The molecule has 1 aromatic carbocycles. The van der Waals surface area contributed by atoms with Crippen molar-refractivity contribution in [1.82, 2.24) is 4.98 Å². The van der Waals surface area contributed by atoms with E-state index in [1.165, 1.54) is 28.7 Å². The van der Waals surface area contributed by atoms with Gasteiger partial charge in [0.15, 0.2) is 0 Å². The topological polar surface area (TPSA) is 68.3 Å². The van der Waals surface area contributed by atoms with Crippen molar-refractivity contribution in [3.8, 4) is 0 Å². The summed E-state index contributed by atoms with van der Waals surface area (Å²) in [5, 5.41) is 4.15. The zero-order valence-corrected chi connectivity index (χ0v) is 15.4. The average Bonchev–Trinajstić information content (AvgIpc) is 3.16. The summed E-state index contributed by atoms with van der Waals surface area (Å²) in [7, 11) is 0. The predicted octanol–water partition coefficient (Wildman–Crippen LogP) is 4.49. The van der Waals surface area contributed by atoms with Gasteiger partial charge in [-0.05, 0) is 43.7 Å². The number of nitrogens with one attached hydrogen (secondary N) is 1. The lowest BCUT2D eigenvalue weighted by molar-refractivity contribution is -0.111. The number of carbonyl (C=O) groups excluding carboxylic acids is 2. The van der Waals surface area contributed by atoms with Gasteiger partial charge in [-0.2, -0.15) is 0 Å². The van der Waals surface area contributed by atoms with Gasteiger partial charge in [-0.1, -0.05) is 12.1 Å². The highest BCUT2D eigenvalue weighted by Crippen LogP contribution is 2.27. The second-order valence-corrected chi connectivity index (χ2v) is 7.30. The number of amides is 1. The van der Waals surface area contributed by atoms with Gasteiger partial charge < -0.3 is 10.1 Å². The lowest BCUT2D eigenvalue weighted by Gasteiger charge is -1.99. The number of benzene rings is 1. The van der Waals surface area contributed by atoms with Crippen LogP contribution in [0.5, 0.6) is 0 Å². The SMILES string of the molecule is CCOC(=O)c1sc(NC(=O)/C=C/c2nc3ccccc3s2)cc1C. The van der Waals surface area contributed by atoms with Crippen LogP contribution in [0.4, 0.5) is 5.00 Å². The number of thiazole rings is 1. The van der Waals surface area contributed by atoms with Gasteiger partial charge in [0.25, 0.3) is 0 Å². The van der Waals surface area contributed by atoms with Crippen LogP contribution in [-0.4, -0.2) is 23.5 Å². The lowest BCUT2D eigenvalue weighted by Crippen LogP contribution is -2.06. The molecule has 2 aromatic heterocycles. The molecule has 5 nitrogen and oxygen atoms in total. The van der Waals surface area contributed by atoms with E-state index in [-0.39, 0.29) is 11.9 Å². The van der Waals surface area contributed by atoms with Gasteiger partial charge in [-0.25, -0.2) is 9.78 Å². The number of para-hydroxylation sites is 1. The Kier molecular flexibility index (Phi) is 5.25. The molecule has 0 saturated carbocycles. The summed E-state index contributed by atoms with van der Waals surface area (Å²) in [4.78, 5) is 28.9. The first-order valence-electron chi connectivity index (χ1n) is 7.69. The zero-order valence-electron chi connectivity index (χ0n) is 13.7. The fourth-order valence-electron chi connectivity index (χ4n) is 2.21. The average molecular weight is 372 g/mol. The highest BCUT2D eigenvalue weighted by atomic mass is 32.1. The van der Waals surface area contributed by atoms with E-state index >= 15 is 0 Å². The third kappa shape index (κ3) is 4.12. The van der Waals surface area contributed by atoms with E-state index in [1.807, 2.05) is 31.2 Å². The number of thiophene rings is 1. The highest BCUT2D eigenvalue weighted by molar-refractivity contribution is 7.19. The molecule has 0 saturated heterocycles. The summed E-state index contributed by atoms with van der Waals surface area (Å²) in [5.41, 5.74) is 1.70. The minimum Gasteiger partial charge on any atom is -0.462 e. The van der Waals surface area contributed by atoms with Crippen LogP contribution in [0.15, 0.2) is 36.4 Å². The van der Waals surface area contributed by atoms with E-state index in [0.29, 0.717) is 16.5 Å². The van der Waals surface area contributed by atoms with Crippen LogP contribution >= 0.6 is 22.7 Å². The third-order valence-electron chi connectivity index (χ3n) is 3.31. The molecule has 3 aromatic rings. The molecule has 2 heterocycles. The Morgan fingerprint density at radius 3 is 2.84 bits per heavy atom. The van der Waals surface area contributed by atoms with Crippen molar-refractivity contribution in [1.29, 1.82) is 0 Å². The van der Waals surface area contributed by atoms with Crippen molar-refractivity contribution in [2.45, 2.75) is 13.8 Å². The number of nitrogens with zero attached hydrogens (tertiary/aromatic N) is 1. The molecule has 0 aliphatic rings. The number of rotatable bonds is 5. The first-order valence-corrected chi connectivity index (χ1v) is 9.32. The molecule has 0 aliphatic carbocycles. The first kappa shape index (κ1) is 17.3. The highest BCUT2D eigenvalue weighted by Gasteiger charge is 2.15. The maximum absolute atomic E-state index is 12.1. The number of aryl methyl sites for hydroxylation is 1. The second-order valence-electron chi connectivity index (χ2n) is 5.19. The number of hydrogen-bond acceptors (Lipinski definition) is 6. The van der Waals surface area contributed by atoms with Crippen LogP contribution in [0.1, 0.15) is 27.2 Å². The van der Waals surface area contributed by atoms with Crippen LogP contribution < -0.4 is 5.32 Å². The largest absolute Gasteiger partial charge is 0.462 e. The van der Waals surface area contributed by atoms with Gasteiger partial charge in [0.1, 0.15) is 9.88 Å². The number of esters is 1. The van der Waals surface area contributed by atoms with Gasteiger partial charge in [0.2, 0.25) is 5.91 Å². The summed E-state index contributed by atoms with van der Waals surface area (Å²) in [6.45, 7) is 3.90. The van der Waals surface area contributed by atoms with E-state index < -0.39 is 0 Å². The Labute approximate surface area is 153 Å².